The third-order valence-electron chi connectivity index (χ3n) is 6.78. The third kappa shape index (κ3) is 3.54. The molecule has 1 aromatic carbocycles. The number of piperidine rings is 1. The Morgan fingerprint density at radius 1 is 0.923 bits per heavy atom. The van der Waals surface area contributed by atoms with Crippen molar-refractivity contribution >= 4 is 5.91 Å². The summed E-state index contributed by atoms with van der Waals surface area (Å²) in [5.74, 6) is 0.713. The quantitative estimate of drug-likeness (QED) is 0.832. The van der Waals surface area contributed by atoms with Gasteiger partial charge < -0.3 is 9.64 Å². The van der Waals surface area contributed by atoms with E-state index in [-0.39, 0.29) is 11.5 Å². The third-order valence-corrected chi connectivity index (χ3v) is 6.78. The Balaban J connectivity index is 1.49. The summed E-state index contributed by atoms with van der Waals surface area (Å²) in [4.78, 5) is 17.8. The molecule has 0 bridgehead atoms. The number of carbonyl (C=O) groups excluding carboxylic acids is 1. The largest absolute Gasteiger partial charge is 0.379 e. The molecule has 0 N–H and O–H groups in total. The molecular formula is C22H32N2O2. The number of rotatable bonds is 3. The molecule has 4 nitrogen and oxygen atoms in total. The lowest BCUT2D eigenvalue weighted by Crippen LogP contribution is -2.57. The number of hydrogen-bond acceptors (Lipinski definition) is 3. The molecule has 0 unspecified atom stereocenters. The fraction of sp³-hybridized carbons (Fsp3) is 0.682. The van der Waals surface area contributed by atoms with E-state index >= 15 is 0 Å². The molecule has 142 valence electrons. The van der Waals surface area contributed by atoms with E-state index in [0.717, 1.165) is 65.1 Å². The van der Waals surface area contributed by atoms with Crippen LogP contribution in [0.25, 0.3) is 0 Å². The maximum absolute atomic E-state index is 13.0. The predicted molar refractivity (Wildman–Crippen MR) is 103 cm³/mol. The van der Waals surface area contributed by atoms with Crippen molar-refractivity contribution in [3.8, 4) is 0 Å². The Bertz CT molecular complexity index is 583. The molecular weight excluding hydrogens is 324 g/mol. The maximum atomic E-state index is 13.0. The van der Waals surface area contributed by atoms with Gasteiger partial charge in [-0.05, 0) is 31.2 Å². The number of carbonyl (C=O) groups is 1. The van der Waals surface area contributed by atoms with Crippen LogP contribution in [0.2, 0.25) is 0 Å². The van der Waals surface area contributed by atoms with E-state index in [1.807, 2.05) is 0 Å². The van der Waals surface area contributed by atoms with Gasteiger partial charge in [-0.1, -0.05) is 49.6 Å². The van der Waals surface area contributed by atoms with Gasteiger partial charge in [0.25, 0.3) is 0 Å². The number of benzene rings is 1. The highest BCUT2D eigenvalue weighted by atomic mass is 16.5. The van der Waals surface area contributed by atoms with Gasteiger partial charge >= 0.3 is 0 Å². The molecule has 1 saturated carbocycles. The molecule has 2 heterocycles. The second-order valence-corrected chi connectivity index (χ2v) is 8.16. The zero-order chi connectivity index (χ0) is 17.8. The van der Waals surface area contributed by atoms with E-state index in [1.54, 1.807) is 0 Å². The molecule has 2 saturated heterocycles. The molecule has 3 fully saturated rings. The normalized spacial score (nSPS) is 25.2. The van der Waals surface area contributed by atoms with E-state index in [2.05, 4.69) is 40.1 Å². The second-order valence-electron chi connectivity index (χ2n) is 8.16. The summed E-state index contributed by atoms with van der Waals surface area (Å²) in [7, 11) is 0. The molecule has 0 atom stereocenters. The van der Waals surface area contributed by atoms with Crippen LogP contribution >= 0.6 is 0 Å². The SMILES string of the molecule is O=C(C1CCCCC1)N1CCC(c2ccccc2)(N2CCOCC2)CC1. The smallest absolute Gasteiger partial charge is 0.225 e. The maximum Gasteiger partial charge on any atom is 0.225 e. The minimum absolute atomic E-state index is 0.0639. The highest BCUT2D eigenvalue weighted by molar-refractivity contribution is 5.79. The summed E-state index contributed by atoms with van der Waals surface area (Å²) in [5, 5.41) is 0. The van der Waals surface area contributed by atoms with Crippen molar-refractivity contribution in [1.82, 2.24) is 9.80 Å². The first kappa shape index (κ1) is 18.0. The number of likely N-dealkylation sites (tertiary alicyclic amines) is 1. The number of hydrogen-bond donors (Lipinski definition) is 0. The fourth-order valence-electron chi connectivity index (χ4n) is 5.23. The van der Waals surface area contributed by atoms with Gasteiger partial charge in [-0.2, -0.15) is 0 Å². The summed E-state index contributed by atoms with van der Waals surface area (Å²) in [6.07, 6.45) is 8.03. The highest BCUT2D eigenvalue weighted by Gasteiger charge is 2.43. The van der Waals surface area contributed by atoms with E-state index in [0.29, 0.717) is 5.91 Å². The average Bonchev–Trinajstić information content (AvgIpc) is 2.75. The number of nitrogens with zero attached hydrogens (tertiary/aromatic N) is 2. The van der Waals surface area contributed by atoms with Gasteiger partial charge in [0.05, 0.1) is 13.2 Å². The Hall–Kier alpha value is -1.39. The number of amides is 1. The van der Waals surface area contributed by atoms with Crippen LogP contribution in [0.4, 0.5) is 0 Å². The van der Waals surface area contributed by atoms with Gasteiger partial charge in [-0.25, -0.2) is 0 Å². The fourth-order valence-corrected chi connectivity index (χ4v) is 5.23. The topological polar surface area (TPSA) is 32.8 Å². The van der Waals surface area contributed by atoms with Gasteiger partial charge in [0.1, 0.15) is 0 Å². The summed E-state index contributed by atoms with van der Waals surface area (Å²) in [6, 6.07) is 10.9. The van der Waals surface area contributed by atoms with E-state index in [1.165, 1.54) is 24.8 Å². The highest BCUT2D eigenvalue weighted by Crippen LogP contribution is 2.40. The second kappa shape index (κ2) is 8.10. The zero-order valence-electron chi connectivity index (χ0n) is 15.9. The van der Waals surface area contributed by atoms with Crippen LogP contribution in [0.1, 0.15) is 50.5 Å². The lowest BCUT2D eigenvalue weighted by atomic mass is 9.78. The van der Waals surface area contributed by atoms with Gasteiger partial charge in [-0.3, -0.25) is 9.69 Å². The first-order valence-electron chi connectivity index (χ1n) is 10.5. The molecule has 26 heavy (non-hydrogen) atoms. The molecule has 1 aromatic rings. The molecule has 1 amide bonds. The van der Waals surface area contributed by atoms with Crippen LogP contribution in [0.5, 0.6) is 0 Å². The summed E-state index contributed by atoms with van der Waals surface area (Å²) >= 11 is 0. The van der Waals surface area contributed by atoms with E-state index in [4.69, 9.17) is 4.74 Å². The molecule has 2 aliphatic heterocycles. The van der Waals surface area contributed by atoms with Crippen molar-refractivity contribution in [3.63, 3.8) is 0 Å². The van der Waals surface area contributed by atoms with Crippen molar-refractivity contribution < 1.29 is 9.53 Å². The van der Waals surface area contributed by atoms with Crippen molar-refractivity contribution in [2.45, 2.75) is 50.5 Å². The van der Waals surface area contributed by atoms with Crippen molar-refractivity contribution in [1.29, 1.82) is 0 Å². The Morgan fingerprint density at radius 2 is 1.58 bits per heavy atom. The van der Waals surface area contributed by atoms with Crippen molar-refractivity contribution in [3.05, 3.63) is 35.9 Å². The number of morpholine rings is 1. The van der Waals surface area contributed by atoms with Gasteiger partial charge in [-0.15, -0.1) is 0 Å². The van der Waals surface area contributed by atoms with E-state index < -0.39 is 0 Å². The Labute approximate surface area is 157 Å². The molecule has 1 aliphatic carbocycles. The van der Waals surface area contributed by atoms with Gasteiger partial charge in [0, 0.05) is 37.6 Å². The Morgan fingerprint density at radius 3 is 2.23 bits per heavy atom. The standard InChI is InChI=1S/C22H32N2O2/c25-21(19-7-3-1-4-8-19)23-13-11-22(12-14-23,20-9-5-2-6-10-20)24-15-17-26-18-16-24/h2,5-6,9-10,19H,1,3-4,7-8,11-18H2. The van der Waals surface area contributed by atoms with Crippen molar-refractivity contribution in [2.75, 3.05) is 39.4 Å². The molecule has 3 aliphatic rings. The molecule has 0 spiro atoms. The van der Waals surface area contributed by atoms with Crippen LogP contribution in [0.3, 0.4) is 0 Å². The minimum atomic E-state index is 0.0639. The first-order valence-corrected chi connectivity index (χ1v) is 10.5. The predicted octanol–water partition coefficient (Wildman–Crippen LogP) is 3.42. The lowest BCUT2D eigenvalue weighted by Gasteiger charge is -2.51. The average molecular weight is 357 g/mol. The zero-order valence-corrected chi connectivity index (χ0v) is 15.9. The van der Waals surface area contributed by atoms with Crippen LogP contribution in [-0.2, 0) is 15.1 Å². The van der Waals surface area contributed by atoms with Gasteiger partial charge in [0.15, 0.2) is 0 Å². The van der Waals surface area contributed by atoms with Crippen LogP contribution < -0.4 is 0 Å². The monoisotopic (exact) mass is 356 g/mol. The Kier molecular flexibility index (Phi) is 5.60. The summed E-state index contributed by atoms with van der Waals surface area (Å²) in [6.45, 7) is 5.40. The molecule has 4 heteroatoms. The summed E-state index contributed by atoms with van der Waals surface area (Å²) < 4.78 is 5.60. The molecule has 4 rings (SSSR count). The molecule has 0 aromatic heterocycles. The van der Waals surface area contributed by atoms with Gasteiger partial charge in [0.2, 0.25) is 5.91 Å². The summed E-state index contributed by atoms with van der Waals surface area (Å²) in [5.41, 5.74) is 1.47. The lowest BCUT2D eigenvalue weighted by molar-refractivity contribution is -0.140. The van der Waals surface area contributed by atoms with Crippen LogP contribution in [-0.4, -0.2) is 55.1 Å². The first-order chi connectivity index (χ1) is 12.8. The van der Waals surface area contributed by atoms with E-state index in [9.17, 15) is 4.79 Å². The minimum Gasteiger partial charge on any atom is -0.379 e. The molecule has 0 radical (unpaired) electrons. The van der Waals surface area contributed by atoms with Crippen molar-refractivity contribution in [2.24, 2.45) is 5.92 Å². The van der Waals surface area contributed by atoms with Crippen LogP contribution in [0.15, 0.2) is 30.3 Å². The van der Waals surface area contributed by atoms with Crippen LogP contribution in [0, 0.1) is 5.92 Å². The number of ether oxygens (including phenoxy) is 1.